The molecule has 0 aliphatic heterocycles. The van der Waals surface area contributed by atoms with Crippen molar-refractivity contribution < 1.29 is 87.8 Å². The molecule has 4 unspecified atom stereocenters. The van der Waals surface area contributed by atoms with E-state index in [0.29, 0.717) is 0 Å². The summed E-state index contributed by atoms with van der Waals surface area (Å²) in [7, 11) is 0. The first kappa shape index (κ1) is 64.5. The van der Waals surface area contributed by atoms with Crippen LogP contribution in [0.25, 0.3) is 0 Å². The van der Waals surface area contributed by atoms with Gasteiger partial charge in [0.25, 0.3) is 0 Å². The smallest absolute Gasteiger partial charge is 0.519 e. The van der Waals surface area contributed by atoms with Crippen molar-refractivity contribution in [3.8, 4) is 0 Å². The second-order valence-corrected chi connectivity index (χ2v) is 34.7. The molecule has 4 rings (SSSR count). The van der Waals surface area contributed by atoms with E-state index in [1.807, 2.05) is 204 Å². The van der Waals surface area contributed by atoms with Crippen LogP contribution in [0, 0.1) is 0 Å². The average molecular weight is 1110 g/mol. The summed E-state index contributed by atoms with van der Waals surface area (Å²) in [6.07, 6.45) is 0. The Bertz CT molecular complexity index is 1370. The Balaban J connectivity index is -0.000000314. The van der Waals surface area contributed by atoms with Gasteiger partial charge in [-0.15, -0.1) is 0 Å². The van der Waals surface area contributed by atoms with Crippen LogP contribution in [0.4, 0.5) is 0 Å². The van der Waals surface area contributed by atoms with Crippen molar-refractivity contribution in [2.75, 3.05) is 0 Å². The van der Waals surface area contributed by atoms with Gasteiger partial charge in [-0.2, -0.15) is 0 Å². The van der Waals surface area contributed by atoms with Crippen molar-refractivity contribution in [1.29, 1.82) is 0 Å². The van der Waals surface area contributed by atoms with Crippen molar-refractivity contribution in [2.45, 2.75) is 104 Å². The van der Waals surface area contributed by atoms with Gasteiger partial charge in [0.1, 0.15) is 21.2 Å². The maximum absolute atomic E-state index is 10.2. The van der Waals surface area contributed by atoms with Gasteiger partial charge in [-0.05, 0) is 132 Å². The SMILES string of the molecule is CC(C)(C)[P+](O)([S-])c1ccccc1.CC(C)(C)[P+](O)([S-])c1ccccc1.CC(C)(C)[P+](O)([S-])c1ccccc1.CC(C)(C)[P+](O)([S-])c1ccccc1.[Cu+].[Cu+].[Cu+].[Cu+]. The first-order chi connectivity index (χ1) is 23.4. The summed E-state index contributed by atoms with van der Waals surface area (Å²) in [5.74, 6) is 0. The normalized spacial score (nSPS) is 15.5. The van der Waals surface area contributed by atoms with Crippen LogP contribution in [0.1, 0.15) is 83.1 Å². The largest absolute Gasteiger partial charge is 1.00 e. The molecule has 0 radical (unpaired) electrons. The zero-order valence-corrected chi connectivity index (χ0v) is 44.6. The van der Waals surface area contributed by atoms with E-state index in [1.165, 1.54) is 0 Å². The summed E-state index contributed by atoms with van der Waals surface area (Å²) >= 11 is 21.3. The molecule has 0 amide bonds. The number of rotatable bonds is 4. The topological polar surface area (TPSA) is 80.9 Å². The monoisotopic (exact) mass is 1110 g/mol. The molecule has 16 heteroatoms. The molecule has 0 aromatic heterocycles. The fraction of sp³-hybridized carbons (Fsp3) is 0.400. The minimum absolute atomic E-state index is 0. The predicted molar refractivity (Wildman–Crippen MR) is 249 cm³/mol. The molecule has 4 nitrogen and oxygen atoms in total. The Hall–Kier alpha value is 1.92. The van der Waals surface area contributed by atoms with Crippen LogP contribution in [0.3, 0.4) is 0 Å². The van der Waals surface area contributed by atoms with Crippen molar-refractivity contribution >= 4 is 97.0 Å². The minimum atomic E-state index is -2.40. The van der Waals surface area contributed by atoms with Crippen LogP contribution in [0.2, 0.25) is 0 Å². The van der Waals surface area contributed by atoms with Crippen LogP contribution in [0.15, 0.2) is 121 Å². The van der Waals surface area contributed by atoms with E-state index >= 15 is 0 Å². The number of hydrogen-bond donors (Lipinski definition) is 4. The van der Waals surface area contributed by atoms with Gasteiger partial charge in [0.2, 0.25) is 0 Å². The molecule has 328 valence electrons. The van der Waals surface area contributed by atoms with Crippen LogP contribution in [-0.4, -0.2) is 40.2 Å². The van der Waals surface area contributed by atoms with Gasteiger partial charge in [0.05, 0.1) is 47.4 Å². The summed E-state index contributed by atoms with van der Waals surface area (Å²) in [6.45, 7) is 14.3. The second-order valence-electron chi connectivity index (χ2n) is 16.3. The number of benzene rings is 4. The van der Waals surface area contributed by atoms with Crippen molar-refractivity contribution in [3.63, 3.8) is 0 Å². The van der Waals surface area contributed by atoms with E-state index in [-0.39, 0.29) is 88.9 Å². The standard InChI is InChI=1S/4C10H15OPS.4Cu/c4*1-10(2,3)12(11,13)9-7-5-4-6-8-9;;;;/h4*4-8H,1-3H3,(H,11,13);;;;/q;;;;4*+1. The molecule has 56 heavy (non-hydrogen) atoms. The quantitative estimate of drug-likeness (QED) is 0.0915. The Labute approximate surface area is 405 Å². The molecule has 0 spiro atoms. The summed E-state index contributed by atoms with van der Waals surface area (Å²) in [5.41, 5.74) is 0. The van der Waals surface area contributed by atoms with Crippen molar-refractivity contribution in [2.24, 2.45) is 0 Å². The van der Waals surface area contributed by atoms with E-state index in [4.69, 9.17) is 49.0 Å². The third-order valence-corrected chi connectivity index (χ3v) is 28.4. The van der Waals surface area contributed by atoms with Crippen LogP contribution < -0.4 is 21.2 Å². The summed E-state index contributed by atoms with van der Waals surface area (Å²) in [4.78, 5) is 41.0. The molecule has 4 aromatic rings. The first-order valence-electron chi connectivity index (χ1n) is 17.0. The van der Waals surface area contributed by atoms with E-state index in [2.05, 4.69) is 0 Å². The first-order valence-corrected chi connectivity index (χ1v) is 28.0. The molecular formula is C40H60Cu4O4P4S4+4. The van der Waals surface area contributed by atoms with E-state index in [9.17, 15) is 19.6 Å². The summed E-state index contributed by atoms with van der Waals surface area (Å²) in [6, 6.07) is 38.3. The molecule has 0 aliphatic carbocycles. The third kappa shape index (κ3) is 19.1. The molecule has 0 bridgehead atoms. The van der Waals surface area contributed by atoms with E-state index in [1.54, 1.807) is 0 Å². The molecule has 0 aliphatic rings. The van der Waals surface area contributed by atoms with Crippen molar-refractivity contribution in [3.05, 3.63) is 121 Å². The Morgan fingerprint density at radius 1 is 0.286 bits per heavy atom. The predicted octanol–water partition coefficient (Wildman–Crippen LogP) is 9.98. The van der Waals surface area contributed by atoms with Crippen molar-refractivity contribution in [1.82, 2.24) is 0 Å². The van der Waals surface area contributed by atoms with Gasteiger partial charge in [0, 0.05) is 0 Å². The molecular weight excluding hydrogens is 1050 g/mol. The van der Waals surface area contributed by atoms with E-state index < -0.39 is 26.8 Å². The fourth-order valence-electron chi connectivity index (χ4n) is 4.07. The third-order valence-electron chi connectivity index (χ3n) is 8.06. The molecule has 0 fully saturated rings. The Kier molecular flexibility index (Phi) is 30.6. The molecule has 4 aromatic carbocycles. The maximum Gasteiger partial charge on any atom is 1.00 e. The fourth-order valence-corrected chi connectivity index (χ4v) is 10.9. The van der Waals surface area contributed by atoms with Gasteiger partial charge in [-0.3, -0.25) is 19.6 Å². The van der Waals surface area contributed by atoms with Crippen LogP contribution in [-0.2, 0) is 117 Å². The van der Waals surface area contributed by atoms with Crippen LogP contribution >= 0.6 is 26.8 Å². The molecule has 4 N–H and O–H groups in total. The van der Waals surface area contributed by atoms with Gasteiger partial charge in [-0.25, -0.2) is 0 Å². The minimum Gasteiger partial charge on any atom is -0.519 e. The van der Waals surface area contributed by atoms with Gasteiger partial charge in [-0.1, -0.05) is 72.8 Å². The summed E-state index contributed by atoms with van der Waals surface area (Å²) in [5, 5.41) is 2.73. The molecule has 0 saturated heterocycles. The average Bonchev–Trinajstić information content (AvgIpc) is 3.05. The summed E-state index contributed by atoms with van der Waals surface area (Å²) < 4.78 is 0. The van der Waals surface area contributed by atoms with Gasteiger partial charge < -0.3 is 49.0 Å². The number of hydrogen-bond acceptors (Lipinski definition) is 8. The second kappa shape index (κ2) is 26.5. The molecule has 4 atom stereocenters. The van der Waals surface area contributed by atoms with E-state index in [0.717, 1.165) is 21.2 Å². The van der Waals surface area contributed by atoms with Gasteiger partial charge >= 0.3 is 68.3 Å². The molecule has 0 saturated carbocycles. The molecule has 0 heterocycles. The Morgan fingerprint density at radius 3 is 0.482 bits per heavy atom. The Morgan fingerprint density at radius 2 is 0.393 bits per heavy atom. The zero-order valence-electron chi connectivity index (χ0n) is 34.0. The maximum atomic E-state index is 10.2. The van der Waals surface area contributed by atoms with Crippen LogP contribution in [0.5, 0.6) is 0 Å². The van der Waals surface area contributed by atoms with Gasteiger partial charge in [0.15, 0.2) is 0 Å². The zero-order chi connectivity index (χ0) is 40.5.